The fraction of sp³-hybridized carbons (Fsp3) is 0.385. The Labute approximate surface area is 116 Å². The molecule has 0 bridgehead atoms. The van der Waals surface area contributed by atoms with E-state index in [4.69, 9.17) is 5.73 Å². The van der Waals surface area contributed by atoms with Gasteiger partial charge in [0.15, 0.2) is 0 Å². The number of pyridine rings is 1. The van der Waals surface area contributed by atoms with Crippen molar-refractivity contribution in [3.8, 4) is 0 Å². The largest absolute Gasteiger partial charge is 0.480 e. The number of hydrogen-bond donors (Lipinski definition) is 3. The molecule has 1 heterocycles. The molecule has 7 nitrogen and oxygen atoms in total. The summed E-state index contributed by atoms with van der Waals surface area (Å²) in [4.78, 5) is 37.9. The van der Waals surface area contributed by atoms with Crippen LogP contribution in [-0.4, -0.2) is 33.4 Å². The number of carbonyl (C=O) groups is 3. The third-order valence-electron chi connectivity index (χ3n) is 2.89. The van der Waals surface area contributed by atoms with Crippen LogP contribution in [0.25, 0.3) is 0 Å². The highest BCUT2D eigenvalue weighted by Crippen LogP contribution is 2.13. The summed E-state index contributed by atoms with van der Waals surface area (Å²) in [6.45, 7) is 3.27. The van der Waals surface area contributed by atoms with E-state index < -0.39 is 23.3 Å². The highest BCUT2D eigenvalue weighted by molar-refractivity contribution is 5.97. The maximum absolute atomic E-state index is 12.0. The van der Waals surface area contributed by atoms with Crippen LogP contribution in [0.4, 0.5) is 0 Å². The Balaban J connectivity index is 2.89. The zero-order valence-corrected chi connectivity index (χ0v) is 11.3. The first kappa shape index (κ1) is 15.6. The molecule has 1 aromatic heterocycles. The number of carbonyl (C=O) groups excluding carboxylic acids is 2. The Bertz CT molecular complexity index is 527. The van der Waals surface area contributed by atoms with E-state index in [9.17, 15) is 19.5 Å². The van der Waals surface area contributed by atoms with Crippen molar-refractivity contribution in [3.05, 3.63) is 29.6 Å². The number of carboxylic acid groups (broad SMARTS) is 1. The molecule has 2 amide bonds. The number of aliphatic carboxylic acids is 1. The highest BCUT2D eigenvalue weighted by Gasteiger charge is 2.34. The third-order valence-corrected chi connectivity index (χ3v) is 2.89. The summed E-state index contributed by atoms with van der Waals surface area (Å²) in [6, 6.07) is 2.69. The predicted octanol–water partition coefficient (Wildman–Crippen LogP) is 0.554. The van der Waals surface area contributed by atoms with Gasteiger partial charge < -0.3 is 16.2 Å². The lowest BCUT2D eigenvalue weighted by atomic mass is 9.96. The molecule has 0 saturated heterocycles. The molecule has 1 unspecified atom stereocenters. The summed E-state index contributed by atoms with van der Waals surface area (Å²) in [5.41, 5.74) is 3.92. The van der Waals surface area contributed by atoms with Gasteiger partial charge in [-0.1, -0.05) is 13.3 Å². The Morgan fingerprint density at radius 2 is 2.05 bits per heavy atom. The van der Waals surface area contributed by atoms with Gasteiger partial charge in [-0.25, -0.2) is 4.79 Å². The van der Waals surface area contributed by atoms with Gasteiger partial charge in [-0.05, 0) is 25.5 Å². The number of aromatic nitrogens is 1. The van der Waals surface area contributed by atoms with Crippen LogP contribution < -0.4 is 11.1 Å². The van der Waals surface area contributed by atoms with E-state index in [1.165, 1.54) is 25.3 Å². The lowest BCUT2D eigenvalue weighted by molar-refractivity contribution is -0.144. The van der Waals surface area contributed by atoms with E-state index in [1.807, 2.05) is 6.92 Å². The summed E-state index contributed by atoms with van der Waals surface area (Å²) >= 11 is 0. The molecular weight excluding hydrogens is 262 g/mol. The number of hydrogen-bond acceptors (Lipinski definition) is 4. The van der Waals surface area contributed by atoms with Crippen molar-refractivity contribution < 1.29 is 19.5 Å². The predicted molar refractivity (Wildman–Crippen MR) is 71.2 cm³/mol. The maximum atomic E-state index is 12.0. The minimum Gasteiger partial charge on any atom is -0.480 e. The minimum absolute atomic E-state index is 0.0265. The molecule has 7 heteroatoms. The molecule has 0 aliphatic heterocycles. The molecule has 0 saturated carbocycles. The minimum atomic E-state index is -1.35. The van der Waals surface area contributed by atoms with E-state index in [-0.39, 0.29) is 11.3 Å². The smallest absolute Gasteiger partial charge is 0.329 e. The van der Waals surface area contributed by atoms with E-state index in [0.29, 0.717) is 12.8 Å². The Morgan fingerprint density at radius 1 is 1.40 bits per heavy atom. The molecule has 1 rings (SSSR count). The molecule has 0 aromatic carbocycles. The molecule has 0 aliphatic carbocycles. The molecule has 0 radical (unpaired) electrons. The van der Waals surface area contributed by atoms with Gasteiger partial charge in [-0.2, -0.15) is 0 Å². The Morgan fingerprint density at radius 3 is 2.45 bits per heavy atom. The molecule has 1 aromatic rings. The molecule has 0 aliphatic rings. The maximum Gasteiger partial charge on any atom is 0.329 e. The second kappa shape index (κ2) is 6.14. The number of primary amides is 1. The highest BCUT2D eigenvalue weighted by atomic mass is 16.4. The molecular formula is C13H17N3O4. The monoisotopic (exact) mass is 279 g/mol. The van der Waals surface area contributed by atoms with Crippen LogP contribution in [-0.2, 0) is 4.79 Å². The van der Waals surface area contributed by atoms with Crippen molar-refractivity contribution in [2.45, 2.75) is 32.2 Å². The van der Waals surface area contributed by atoms with E-state index in [1.54, 1.807) is 0 Å². The zero-order valence-electron chi connectivity index (χ0n) is 11.3. The van der Waals surface area contributed by atoms with Crippen LogP contribution in [0.3, 0.4) is 0 Å². The van der Waals surface area contributed by atoms with Crippen molar-refractivity contribution in [1.29, 1.82) is 0 Å². The first-order chi connectivity index (χ1) is 9.30. The van der Waals surface area contributed by atoms with Crippen molar-refractivity contribution in [3.63, 3.8) is 0 Å². The fourth-order valence-electron chi connectivity index (χ4n) is 1.71. The number of nitrogens with two attached hydrogens (primary N) is 1. The lowest BCUT2D eigenvalue weighted by Crippen LogP contribution is -2.52. The van der Waals surface area contributed by atoms with E-state index in [0.717, 1.165) is 0 Å². The second-order valence-electron chi connectivity index (χ2n) is 4.64. The summed E-state index contributed by atoms with van der Waals surface area (Å²) in [6.07, 6.45) is 2.08. The van der Waals surface area contributed by atoms with Crippen molar-refractivity contribution in [2.75, 3.05) is 0 Å². The second-order valence-corrected chi connectivity index (χ2v) is 4.64. The van der Waals surface area contributed by atoms with Gasteiger partial charge in [0.05, 0.1) is 5.56 Å². The zero-order chi connectivity index (χ0) is 15.3. The normalized spacial score (nSPS) is 13.3. The molecule has 108 valence electrons. The summed E-state index contributed by atoms with van der Waals surface area (Å²) in [5.74, 6) is -2.37. The Hall–Kier alpha value is -2.44. The summed E-state index contributed by atoms with van der Waals surface area (Å²) in [7, 11) is 0. The van der Waals surface area contributed by atoms with Gasteiger partial charge in [-0.15, -0.1) is 0 Å². The number of amides is 2. The van der Waals surface area contributed by atoms with Crippen molar-refractivity contribution >= 4 is 17.8 Å². The van der Waals surface area contributed by atoms with Crippen LogP contribution in [0.2, 0.25) is 0 Å². The third kappa shape index (κ3) is 3.53. The van der Waals surface area contributed by atoms with Crippen LogP contribution >= 0.6 is 0 Å². The summed E-state index contributed by atoms with van der Waals surface area (Å²) in [5, 5.41) is 11.6. The standard InChI is InChI=1S/C13H17N3O4/c1-3-6-13(2,12(19)20)16-11(18)9-5-4-8(7-15-9)10(14)17/h4-5,7H,3,6H2,1-2H3,(H2,14,17)(H,16,18)(H,19,20). The molecule has 0 spiro atoms. The number of nitrogens with zero attached hydrogens (tertiary/aromatic N) is 1. The lowest BCUT2D eigenvalue weighted by Gasteiger charge is -2.25. The molecule has 0 fully saturated rings. The van der Waals surface area contributed by atoms with Crippen LogP contribution in [0.5, 0.6) is 0 Å². The van der Waals surface area contributed by atoms with E-state index >= 15 is 0 Å². The average Bonchev–Trinajstić information content (AvgIpc) is 2.38. The number of carboxylic acids is 1. The number of nitrogens with one attached hydrogen (secondary N) is 1. The van der Waals surface area contributed by atoms with Crippen molar-refractivity contribution in [1.82, 2.24) is 10.3 Å². The van der Waals surface area contributed by atoms with Crippen LogP contribution in [0.15, 0.2) is 18.3 Å². The van der Waals surface area contributed by atoms with Crippen LogP contribution in [0.1, 0.15) is 47.5 Å². The van der Waals surface area contributed by atoms with Crippen molar-refractivity contribution in [2.24, 2.45) is 5.73 Å². The Kier molecular flexibility index (Phi) is 4.79. The van der Waals surface area contributed by atoms with Gasteiger partial charge in [0.2, 0.25) is 5.91 Å². The van der Waals surface area contributed by atoms with Gasteiger partial charge >= 0.3 is 5.97 Å². The van der Waals surface area contributed by atoms with Crippen LogP contribution in [0, 0.1) is 0 Å². The average molecular weight is 279 g/mol. The van der Waals surface area contributed by atoms with Gasteiger partial charge in [0.1, 0.15) is 11.2 Å². The summed E-state index contributed by atoms with van der Waals surface area (Å²) < 4.78 is 0. The van der Waals surface area contributed by atoms with E-state index in [2.05, 4.69) is 10.3 Å². The SMILES string of the molecule is CCCC(C)(NC(=O)c1ccc(C(N)=O)cn1)C(=O)O. The van der Waals surface area contributed by atoms with Gasteiger partial charge in [0, 0.05) is 6.20 Å². The first-order valence-corrected chi connectivity index (χ1v) is 6.12. The molecule has 20 heavy (non-hydrogen) atoms. The first-order valence-electron chi connectivity index (χ1n) is 6.12. The fourth-order valence-corrected chi connectivity index (χ4v) is 1.71. The molecule has 4 N–H and O–H groups in total. The topological polar surface area (TPSA) is 122 Å². The quantitative estimate of drug-likeness (QED) is 0.702. The van der Waals surface area contributed by atoms with Gasteiger partial charge in [-0.3, -0.25) is 14.6 Å². The van der Waals surface area contributed by atoms with Gasteiger partial charge in [0.25, 0.3) is 5.91 Å². The number of rotatable bonds is 6. The molecule has 1 atom stereocenters.